The standard InChI is InChI=1S/C19H14ClF3N4S/c20-14-7-5-6-13(12-14)17-25-26-18(28-11-4-3-10-24)27(17)16-9-2-1-8-15(16)19(21,22)23/h1-2,5-9,12H,3-4,11H2. The van der Waals surface area contributed by atoms with Crippen LogP contribution in [0.25, 0.3) is 17.1 Å². The number of thioether (sulfide) groups is 1. The van der Waals surface area contributed by atoms with E-state index in [-0.39, 0.29) is 11.5 Å². The van der Waals surface area contributed by atoms with Gasteiger partial charge in [-0.3, -0.25) is 4.57 Å². The first-order valence-corrected chi connectivity index (χ1v) is 9.66. The van der Waals surface area contributed by atoms with Crippen LogP contribution in [0.15, 0.2) is 53.7 Å². The number of nitrogens with zero attached hydrogens (tertiary/aromatic N) is 4. The Morgan fingerprint density at radius 3 is 2.61 bits per heavy atom. The summed E-state index contributed by atoms with van der Waals surface area (Å²) in [6, 6.07) is 14.1. The summed E-state index contributed by atoms with van der Waals surface area (Å²) in [5, 5.41) is 17.7. The van der Waals surface area contributed by atoms with E-state index in [9.17, 15) is 13.2 Å². The molecule has 0 N–H and O–H groups in total. The molecule has 4 nitrogen and oxygen atoms in total. The molecule has 1 heterocycles. The van der Waals surface area contributed by atoms with Crippen molar-refractivity contribution in [2.24, 2.45) is 0 Å². The molecule has 9 heteroatoms. The Labute approximate surface area is 169 Å². The molecular weight excluding hydrogens is 409 g/mol. The Kier molecular flexibility index (Phi) is 6.27. The molecule has 3 rings (SSSR count). The fraction of sp³-hybridized carbons (Fsp3) is 0.211. The average Bonchev–Trinajstić information content (AvgIpc) is 3.08. The van der Waals surface area contributed by atoms with Gasteiger partial charge in [-0.1, -0.05) is 47.6 Å². The van der Waals surface area contributed by atoms with Crippen molar-refractivity contribution >= 4 is 23.4 Å². The van der Waals surface area contributed by atoms with Gasteiger partial charge in [0.25, 0.3) is 0 Å². The molecule has 2 aromatic carbocycles. The summed E-state index contributed by atoms with van der Waals surface area (Å²) in [7, 11) is 0. The first-order chi connectivity index (χ1) is 13.4. The minimum absolute atomic E-state index is 0.0576. The molecule has 0 aliphatic rings. The van der Waals surface area contributed by atoms with Crippen molar-refractivity contribution in [2.75, 3.05) is 5.75 Å². The fourth-order valence-corrected chi connectivity index (χ4v) is 3.69. The van der Waals surface area contributed by atoms with Gasteiger partial charge in [-0.2, -0.15) is 18.4 Å². The van der Waals surface area contributed by atoms with Crippen LogP contribution in [0.1, 0.15) is 18.4 Å². The van der Waals surface area contributed by atoms with E-state index < -0.39 is 11.7 Å². The van der Waals surface area contributed by atoms with Crippen LogP contribution in [0.4, 0.5) is 13.2 Å². The number of benzene rings is 2. The van der Waals surface area contributed by atoms with Crippen LogP contribution in [0, 0.1) is 11.3 Å². The van der Waals surface area contributed by atoms with Crippen molar-refractivity contribution in [3.63, 3.8) is 0 Å². The molecule has 144 valence electrons. The van der Waals surface area contributed by atoms with Crippen molar-refractivity contribution in [1.29, 1.82) is 5.26 Å². The zero-order chi connectivity index (χ0) is 20.1. The number of hydrogen-bond donors (Lipinski definition) is 0. The summed E-state index contributed by atoms with van der Waals surface area (Å²) in [4.78, 5) is 0. The number of halogens is 4. The Bertz CT molecular complexity index is 1010. The summed E-state index contributed by atoms with van der Waals surface area (Å²) in [5.74, 6) is 0.803. The van der Waals surface area contributed by atoms with Crippen LogP contribution < -0.4 is 0 Å². The van der Waals surface area contributed by atoms with Crippen LogP contribution >= 0.6 is 23.4 Å². The maximum Gasteiger partial charge on any atom is 0.418 e. The smallest absolute Gasteiger partial charge is 0.269 e. The van der Waals surface area contributed by atoms with Gasteiger partial charge in [0.15, 0.2) is 11.0 Å². The van der Waals surface area contributed by atoms with E-state index in [4.69, 9.17) is 16.9 Å². The Morgan fingerprint density at radius 1 is 1.11 bits per heavy atom. The number of para-hydroxylation sites is 1. The molecule has 0 saturated heterocycles. The van der Waals surface area contributed by atoms with Gasteiger partial charge in [0.2, 0.25) is 0 Å². The van der Waals surface area contributed by atoms with Gasteiger partial charge in [0, 0.05) is 22.8 Å². The fourth-order valence-electron chi connectivity index (χ4n) is 2.62. The summed E-state index contributed by atoms with van der Waals surface area (Å²) < 4.78 is 42.2. The van der Waals surface area contributed by atoms with Gasteiger partial charge in [-0.25, -0.2) is 0 Å². The molecule has 0 amide bonds. The maximum absolute atomic E-state index is 13.6. The Hall–Kier alpha value is -2.50. The quantitative estimate of drug-likeness (QED) is 0.361. The molecule has 28 heavy (non-hydrogen) atoms. The van der Waals surface area contributed by atoms with E-state index in [1.165, 1.54) is 34.5 Å². The van der Waals surface area contributed by atoms with Gasteiger partial charge in [0.05, 0.1) is 17.3 Å². The number of alkyl halides is 3. The SMILES string of the molecule is N#CCCCSc1nnc(-c2cccc(Cl)c2)n1-c1ccccc1C(F)(F)F. The third-order valence-corrected chi connectivity index (χ3v) is 5.08. The van der Waals surface area contributed by atoms with E-state index >= 15 is 0 Å². The van der Waals surface area contributed by atoms with E-state index in [0.29, 0.717) is 34.3 Å². The first-order valence-electron chi connectivity index (χ1n) is 8.29. The molecule has 0 radical (unpaired) electrons. The van der Waals surface area contributed by atoms with Gasteiger partial charge in [0.1, 0.15) is 0 Å². The van der Waals surface area contributed by atoms with E-state index in [1.807, 2.05) is 6.07 Å². The number of rotatable bonds is 6. The zero-order valence-corrected chi connectivity index (χ0v) is 16.0. The lowest BCUT2D eigenvalue weighted by atomic mass is 10.1. The molecule has 0 bridgehead atoms. The van der Waals surface area contributed by atoms with E-state index in [2.05, 4.69) is 10.2 Å². The minimum atomic E-state index is -4.53. The topological polar surface area (TPSA) is 54.5 Å². The van der Waals surface area contributed by atoms with E-state index in [0.717, 1.165) is 6.07 Å². The van der Waals surface area contributed by atoms with Gasteiger partial charge in [-0.05, 0) is 30.7 Å². The lowest BCUT2D eigenvalue weighted by Crippen LogP contribution is -2.12. The van der Waals surface area contributed by atoms with Crippen LogP contribution in [-0.4, -0.2) is 20.5 Å². The number of unbranched alkanes of at least 4 members (excludes halogenated alkanes) is 1. The Morgan fingerprint density at radius 2 is 1.89 bits per heavy atom. The minimum Gasteiger partial charge on any atom is -0.269 e. The van der Waals surface area contributed by atoms with Crippen LogP contribution in [0.2, 0.25) is 5.02 Å². The highest BCUT2D eigenvalue weighted by Gasteiger charge is 2.35. The van der Waals surface area contributed by atoms with Crippen molar-refractivity contribution in [3.8, 4) is 23.1 Å². The van der Waals surface area contributed by atoms with Crippen LogP contribution in [0.3, 0.4) is 0 Å². The van der Waals surface area contributed by atoms with Gasteiger partial charge in [-0.15, -0.1) is 10.2 Å². The lowest BCUT2D eigenvalue weighted by Gasteiger charge is -2.16. The van der Waals surface area contributed by atoms with Crippen molar-refractivity contribution in [1.82, 2.24) is 14.8 Å². The van der Waals surface area contributed by atoms with Crippen LogP contribution in [0.5, 0.6) is 0 Å². The summed E-state index contributed by atoms with van der Waals surface area (Å²) in [6.45, 7) is 0. The maximum atomic E-state index is 13.6. The molecule has 0 saturated carbocycles. The normalized spacial score (nSPS) is 11.4. The molecule has 0 aliphatic carbocycles. The second-order valence-corrected chi connectivity index (χ2v) is 7.28. The number of hydrogen-bond acceptors (Lipinski definition) is 4. The average molecular weight is 423 g/mol. The summed E-state index contributed by atoms with van der Waals surface area (Å²) >= 11 is 7.31. The van der Waals surface area contributed by atoms with Crippen molar-refractivity contribution < 1.29 is 13.2 Å². The molecule has 3 aromatic rings. The number of nitriles is 1. The molecule has 0 unspecified atom stereocenters. The van der Waals surface area contributed by atoms with E-state index in [1.54, 1.807) is 24.3 Å². The monoisotopic (exact) mass is 422 g/mol. The molecular formula is C19H14ClF3N4S. The third-order valence-electron chi connectivity index (χ3n) is 3.83. The van der Waals surface area contributed by atoms with Crippen molar-refractivity contribution in [3.05, 3.63) is 59.1 Å². The second-order valence-electron chi connectivity index (χ2n) is 5.78. The molecule has 0 spiro atoms. The zero-order valence-electron chi connectivity index (χ0n) is 14.4. The summed E-state index contributed by atoms with van der Waals surface area (Å²) in [5.41, 5.74) is -0.282. The third kappa shape index (κ3) is 4.49. The second kappa shape index (κ2) is 8.67. The highest BCUT2D eigenvalue weighted by Crippen LogP contribution is 2.37. The van der Waals surface area contributed by atoms with Gasteiger partial charge < -0.3 is 0 Å². The first kappa shape index (κ1) is 20.2. The predicted octanol–water partition coefficient (Wildman–Crippen LogP) is 6.00. The molecule has 0 fully saturated rings. The Balaban J connectivity index is 2.14. The lowest BCUT2D eigenvalue weighted by molar-refractivity contribution is -0.137. The molecule has 0 aliphatic heterocycles. The van der Waals surface area contributed by atoms with Gasteiger partial charge >= 0.3 is 6.18 Å². The van der Waals surface area contributed by atoms with Crippen LogP contribution in [-0.2, 0) is 6.18 Å². The predicted molar refractivity (Wildman–Crippen MR) is 102 cm³/mol. The summed E-state index contributed by atoms with van der Waals surface area (Å²) in [6.07, 6.45) is -3.57. The van der Waals surface area contributed by atoms with Crippen molar-refractivity contribution in [2.45, 2.75) is 24.2 Å². The number of aromatic nitrogens is 3. The molecule has 0 atom stereocenters. The largest absolute Gasteiger partial charge is 0.418 e. The highest BCUT2D eigenvalue weighted by atomic mass is 35.5. The highest BCUT2D eigenvalue weighted by molar-refractivity contribution is 7.99. The molecule has 1 aromatic heterocycles.